The second-order valence-corrected chi connectivity index (χ2v) is 5.64. The van der Waals surface area contributed by atoms with Gasteiger partial charge in [-0.3, -0.25) is 0 Å². The number of hydrogen-bond donors (Lipinski definition) is 0. The highest BCUT2D eigenvalue weighted by Crippen LogP contribution is 2.54. The maximum atomic E-state index is 5.37. The number of rotatable bonds is 1. The van der Waals surface area contributed by atoms with Crippen LogP contribution in [0.4, 0.5) is 5.69 Å². The number of fused-ring (bicyclic) bond motifs is 3. The van der Waals surface area contributed by atoms with Gasteiger partial charge in [0.1, 0.15) is 5.75 Å². The van der Waals surface area contributed by atoms with Gasteiger partial charge in [0.2, 0.25) is 0 Å². The third kappa shape index (κ3) is 1.39. The quantitative estimate of drug-likeness (QED) is 0.732. The molecule has 1 fully saturated rings. The van der Waals surface area contributed by atoms with Gasteiger partial charge in [-0.05, 0) is 43.5 Å². The van der Waals surface area contributed by atoms with Gasteiger partial charge in [-0.25, -0.2) is 0 Å². The molecule has 1 aliphatic heterocycles. The number of benzene rings is 1. The largest absolute Gasteiger partial charge is 0.497 e. The minimum Gasteiger partial charge on any atom is -0.497 e. The van der Waals surface area contributed by atoms with Crippen LogP contribution < -0.4 is 9.64 Å². The number of hydrogen-bond acceptors (Lipinski definition) is 2. The lowest BCUT2D eigenvalue weighted by Gasteiger charge is -2.42. The molecule has 17 heavy (non-hydrogen) atoms. The van der Waals surface area contributed by atoms with E-state index in [1.165, 1.54) is 36.9 Å². The smallest absolute Gasteiger partial charge is 0.119 e. The Morgan fingerprint density at radius 3 is 2.94 bits per heavy atom. The zero-order valence-corrected chi connectivity index (χ0v) is 11.0. The molecule has 2 atom stereocenters. The van der Waals surface area contributed by atoms with Crippen molar-refractivity contribution >= 4 is 5.69 Å². The Morgan fingerprint density at radius 2 is 2.18 bits per heavy atom. The van der Waals surface area contributed by atoms with Crippen LogP contribution in [0.15, 0.2) is 18.2 Å². The van der Waals surface area contributed by atoms with E-state index in [2.05, 4.69) is 37.1 Å². The molecule has 1 aliphatic carbocycles. The summed E-state index contributed by atoms with van der Waals surface area (Å²) < 4.78 is 5.37. The summed E-state index contributed by atoms with van der Waals surface area (Å²) in [4.78, 5) is 2.49. The van der Waals surface area contributed by atoms with E-state index in [9.17, 15) is 0 Å². The van der Waals surface area contributed by atoms with E-state index in [0.717, 1.165) is 5.75 Å². The summed E-state index contributed by atoms with van der Waals surface area (Å²) in [5.41, 5.74) is 3.22. The fourth-order valence-electron chi connectivity index (χ4n) is 3.73. The van der Waals surface area contributed by atoms with Crippen LogP contribution in [0.5, 0.6) is 5.75 Å². The Labute approximate surface area is 104 Å². The predicted octanol–water partition coefficient (Wildman–Crippen LogP) is 3.56. The number of anilines is 1. The van der Waals surface area contributed by atoms with Gasteiger partial charge >= 0.3 is 0 Å². The molecule has 0 N–H and O–H groups in total. The summed E-state index contributed by atoms with van der Waals surface area (Å²) in [5.74, 6) is 1.68. The molecule has 0 radical (unpaired) electrons. The Morgan fingerprint density at radius 1 is 1.35 bits per heavy atom. The third-order valence-electron chi connectivity index (χ3n) is 4.91. The second-order valence-electron chi connectivity index (χ2n) is 5.64. The van der Waals surface area contributed by atoms with Crippen molar-refractivity contribution in [3.05, 3.63) is 23.8 Å². The Hall–Kier alpha value is -1.18. The third-order valence-corrected chi connectivity index (χ3v) is 4.91. The lowest BCUT2D eigenvalue weighted by Crippen LogP contribution is -2.45. The van der Waals surface area contributed by atoms with Crippen molar-refractivity contribution in [1.82, 2.24) is 0 Å². The molecule has 2 nitrogen and oxygen atoms in total. The maximum absolute atomic E-state index is 5.37. The van der Waals surface area contributed by atoms with Crippen LogP contribution in [0.25, 0.3) is 0 Å². The van der Waals surface area contributed by atoms with Crippen LogP contribution in [0.2, 0.25) is 0 Å². The van der Waals surface area contributed by atoms with E-state index in [1.54, 1.807) is 7.11 Å². The van der Waals surface area contributed by atoms with Gasteiger partial charge in [-0.2, -0.15) is 0 Å². The van der Waals surface area contributed by atoms with E-state index in [1.807, 2.05) is 0 Å². The Kier molecular flexibility index (Phi) is 2.35. The number of methoxy groups -OCH3 is 1. The van der Waals surface area contributed by atoms with Gasteiger partial charge in [-0.1, -0.05) is 12.8 Å². The van der Waals surface area contributed by atoms with E-state index in [0.29, 0.717) is 11.5 Å². The first-order chi connectivity index (χ1) is 8.16. The standard InChI is InChI=1S/C15H21NO/c1-15-9-5-4-6-13(15)12-10-11(17-3)7-8-14(12)16(15)2/h7-8,10,13H,4-6,9H2,1-3H3/t13-,15-/m0/s1. The predicted molar refractivity (Wildman–Crippen MR) is 71.0 cm³/mol. The highest BCUT2D eigenvalue weighted by molar-refractivity contribution is 5.65. The lowest BCUT2D eigenvalue weighted by atomic mass is 9.73. The molecular weight excluding hydrogens is 210 g/mol. The first kappa shape index (κ1) is 10.9. The van der Waals surface area contributed by atoms with E-state index in [4.69, 9.17) is 4.74 Å². The van der Waals surface area contributed by atoms with Crippen LogP contribution in [0.3, 0.4) is 0 Å². The summed E-state index contributed by atoms with van der Waals surface area (Å²) >= 11 is 0. The first-order valence-electron chi connectivity index (χ1n) is 6.58. The highest BCUT2D eigenvalue weighted by Gasteiger charge is 2.47. The first-order valence-corrected chi connectivity index (χ1v) is 6.58. The maximum Gasteiger partial charge on any atom is 0.119 e. The van der Waals surface area contributed by atoms with Gasteiger partial charge in [0, 0.05) is 24.2 Å². The Balaban J connectivity index is 2.10. The number of likely N-dealkylation sites (N-methyl/N-ethyl adjacent to an activating group) is 1. The molecular formula is C15H21NO. The SMILES string of the molecule is COc1ccc2c(c1)[C@@H]1CCCC[C@]1(C)N2C. The molecule has 0 spiro atoms. The molecule has 1 aromatic carbocycles. The molecule has 0 amide bonds. The lowest BCUT2D eigenvalue weighted by molar-refractivity contribution is 0.283. The Bertz CT molecular complexity index is 443. The molecule has 1 aromatic rings. The van der Waals surface area contributed by atoms with Gasteiger partial charge < -0.3 is 9.64 Å². The minimum absolute atomic E-state index is 0.326. The molecule has 1 heterocycles. The monoisotopic (exact) mass is 231 g/mol. The molecule has 0 bridgehead atoms. The van der Waals surface area contributed by atoms with Crippen LogP contribution in [0.1, 0.15) is 44.1 Å². The summed E-state index contributed by atoms with van der Waals surface area (Å²) in [6.45, 7) is 2.42. The van der Waals surface area contributed by atoms with Gasteiger partial charge in [0.25, 0.3) is 0 Å². The molecule has 1 saturated carbocycles. The summed E-state index contributed by atoms with van der Waals surface area (Å²) in [6, 6.07) is 6.54. The van der Waals surface area contributed by atoms with E-state index < -0.39 is 0 Å². The number of nitrogens with zero attached hydrogens (tertiary/aromatic N) is 1. The molecule has 0 unspecified atom stereocenters. The summed E-state index contributed by atoms with van der Waals surface area (Å²) in [5, 5.41) is 0. The van der Waals surface area contributed by atoms with Gasteiger partial charge in [0.05, 0.1) is 7.11 Å². The van der Waals surface area contributed by atoms with Gasteiger partial charge in [0.15, 0.2) is 0 Å². The van der Waals surface area contributed by atoms with Gasteiger partial charge in [-0.15, -0.1) is 0 Å². The van der Waals surface area contributed by atoms with Crippen molar-refractivity contribution < 1.29 is 4.74 Å². The second kappa shape index (κ2) is 3.66. The molecule has 3 rings (SSSR count). The van der Waals surface area contributed by atoms with Crippen molar-refractivity contribution in [3.63, 3.8) is 0 Å². The topological polar surface area (TPSA) is 12.5 Å². The minimum atomic E-state index is 0.326. The van der Waals surface area contributed by atoms with Crippen molar-refractivity contribution in [2.75, 3.05) is 19.1 Å². The molecule has 0 saturated heterocycles. The average Bonchev–Trinajstić information content (AvgIpc) is 2.59. The van der Waals surface area contributed by atoms with Crippen molar-refractivity contribution in [2.24, 2.45) is 0 Å². The van der Waals surface area contributed by atoms with Crippen molar-refractivity contribution in [1.29, 1.82) is 0 Å². The summed E-state index contributed by atoms with van der Waals surface area (Å²) in [7, 11) is 4.00. The van der Waals surface area contributed by atoms with Crippen LogP contribution >= 0.6 is 0 Å². The molecule has 92 valence electrons. The van der Waals surface area contributed by atoms with Crippen LogP contribution in [-0.4, -0.2) is 19.7 Å². The zero-order chi connectivity index (χ0) is 12.0. The fraction of sp³-hybridized carbons (Fsp3) is 0.600. The highest BCUT2D eigenvalue weighted by atomic mass is 16.5. The fourth-order valence-corrected chi connectivity index (χ4v) is 3.73. The summed E-state index contributed by atoms with van der Waals surface area (Å²) in [6.07, 6.45) is 5.36. The average molecular weight is 231 g/mol. The van der Waals surface area contributed by atoms with Crippen LogP contribution in [-0.2, 0) is 0 Å². The zero-order valence-electron chi connectivity index (χ0n) is 11.0. The molecule has 0 aromatic heterocycles. The molecule has 2 aliphatic rings. The molecule has 2 heteroatoms. The number of ether oxygens (including phenoxy) is 1. The van der Waals surface area contributed by atoms with E-state index >= 15 is 0 Å². The van der Waals surface area contributed by atoms with E-state index in [-0.39, 0.29) is 0 Å². The van der Waals surface area contributed by atoms with Crippen LogP contribution in [0, 0.1) is 0 Å². The normalized spacial score (nSPS) is 31.0. The van der Waals surface area contributed by atoms with Crippen molar-refractivity contribution in [3.8, 4) is 5.75 Å². The van der Waals surface area contributed by atoms with Crippen molar-refractivity contribution in [2.45, 2.75) is 44.1 Å².